The summed E-state index contributed by atoms with van der Waals surface area (Å²) in [5.41, 5.74) is 4.01. The Hall–Kier alpha value is -1.88. The van der Waals surface area contributed by atoms with E-state index in [1.807, 2.05) is 36.6 Å². The molecule has 2 aromatic heterocycles. The molecule has 3 heterocycles. The predicted molar refractivity (Wildman–Crippen MR) is 101 cm³/mol. The predicted octanol–water partition coefficient (Wildman–Crippen LogP) is 2.92. The van der Waals surface area contributed by atoms with Crippen molar-refractivity contribution in [2.24, 2.45) is 0 Å². The fourth-order valence-electron chi connectivity index (χ4n) is 4.43. The normalized spacial score (nSPS) is 19.9. The summed E-state index contributed by atoms with van der Waals surface area (Å²) in [5, 5.41) is 6.91. The highest BCUT2D eigenvalue weighted by atomic mass is 16.1. The minimum absolute atomic E-state index is 0.0238. The summed E-state index contributed by atoms with van der Waals surface area (Å²) in [7, 11) is 0. The van der Waals surface area contributed by atoms with Crippen LogP contribution in [0.5, 0.6) is 0 Å². The summed E-state index contributed by atoms with van der Waals surface area (Å²) in [5.74, 6) is 0.0740. The molecule has 5 heteroatoms. The van der Waals surface area contributed by atoms with Gasteiger partial charge in [0.05, 0.1) is 17.8 Å². The van der Waals surface area contributed by atoms with E-state index in [0.29, 0.717) is 6.42 Å². The van der Waals surface area contributed by atoms with Gasteiger partial charge >= 0.3 is 0 Å². The van der Waals surface area contributed by atoms with Crippen molar-refractivity contribution in [3.63, 3.8) is 0 Å². The number of piperidine rings is 1. The maximum absolute atomic E-state index is 12.7. The van der Waals surface area contributed by atoms with Crippen LogP contribution >= 0.6 is 0 Å². The minimum atomic E-state index is 0.0238. The molecule has 0 unspecified atom stereocenters. The maximum atomic E-state index is 12.7. The summed E-state index contributed by atoms with van der Waals surface area (Å²) in [6.07, 6.45) is 4.23. The van der Waals surface area contributed by atoms with E-state index in [1.54, 1.807) is 0 Å². The Labute approximate surface area is 150 Å². The van der Waals surface area contributed by atoms with E-state index in [0.717, 1.165) is 35.4 Å². The Morgan fingerprint density at radius 3 is 2.56 bits per heavy atom. The average molecular weight is 342 g/mol. The van der Waals surface area contributed by atoms with E-state index in [1.165, 1.54) is 0 Å². The molecule has 0 spiro atoms. The van der Waals surface area contributed by atoms with Gasteiger partial charge in [-0.15, -0.1) is 0 Å². The third kappa shape index (κ3) is 3.87. The molecule has 25 heavy (non-hydrogen) atoms. The second-order valence-electron chi connectivity index (χ2n) is 8.77. The number of aryl methyl sites for hydroxylation is 2. The molecule has 1 saturated heterocycles. The molecule has 0 saturated carbocycles. The van der Waals surface area contributed by atoms with Crippen molar-refractivity contribution in [3.05, 3.63) is 35.3 Å². The van der Waals surface area contributed by atoms with Gasteiger partial charge in [0, 0.05) is 23.3 Å². The van der Waals surface area contributed by atoms with Gasteiger partial charge in [-0.3, -0.25) is 4.79 Å². The van der Waals surface area contributed by atoms with Crippen molar-refractivity contribution in [1.82, 2.24) is 20.0 Å². The lowest BCUT2D eigenvalue weighted by atomic mass is 9.79. The van der Waals surface area contributed by atoms with Crippen LogP contribution in [0.25, 0.3) is 5.65 Å². The zero-order chi connectivity index (χ0) is 18.4. The van der Waals surface area contributed by atoms with Crippen molar-refractivity contribution in [2.45, 2.75) is 77.9 Å². The van der Waals surface area contributed by atoms with E-state index in [9.17, 15) is 4.79 Å². The Morgan fingerprint density at radius 2 is 1.92 bits per heavy atom. The zero-order valence-electron chi connectivity index (χ0n) is 16.2. The first kappa shape index (κ1) is 17.9. The molecular weight excluding hydrogens is 312 g/mol. The Balaban J connectivity index is 1.75. The lowest BCUT2D eigenvalue weighted by molar-refractivity contribution is -0.121. The van der Waals surface area contributed by atoms with Crippen LogP contribution in [-0.4, -0.2) is 32.4 Å². The molecular formula is C20H30N4O. The molecule has 0 bridgehead atoms. The largest absolute Gasteiger partial charge is 0.353 e. The molecule has 5 nitrogen and oxygen atoms in total. The molecule has 3 rings (SSSR count). The second-order valence-corrected chi connectivity index (χ2v) is 8.77. The molecule has 2 aromatic rings. The first-order valence-electron chi connectivity index (χ1n) is 9.08. The smallest absolute Gasteiger partial charge is 0.226 e. The van der Waals surface area contributed by atoms with Crippen LogP contribution in [0.1, 0.15) is 57.5 Å². The van der Waals surface area contributed by atoms with Gasteiger partial charge in [-0.05, 0) is 66.0 Å². The summed E-state index contributed by atoms with van der Waals surface area (Å²) in [4.78, 5) is 17.3. The van der Waals surface area contributed by atoms with Gasteiger partial charge in [-0.2, -0.15) is 0 Å². The Morgan fingerprint density at radius 1 is 1.28 bits per heavy atom. The number of carbonyl (C=O) groups excluding carboxylic acids is 1. The molecule has 0 aromatic carbocycles. The number of fused-ring (bicyclic) bond motifs is 1. The number of hydrogen-bond acceptors (Lipinski definition) is 3. The molecule has 1 aliphatic heterocycles. The highest BCUT2D eigenvalue weighted by Crippen LogP contribution is 2.28. The third-order valence-corrected chi connectivity index (χ3v) is 5.03. The number of pyridine rings is 1. The standard InChI is InChI=1S/C20H30N4O/c1-13-8-7-9-24-16(14(2)21-18(13)24)10-17(25)22-15-11-19(3,4)23-20(5,6)12-15/h7-9,15,23H,10-12H2,1-6H3,(H,22,25). The van der Waals surface area contributed by atoms with Crippen LogP contribution in [0, 0.1) is 13.8 Å². The zero-order valence-corrected chi connectivity index (χ0v) is 16.2. The number of carbonyl (C=O) groups is 1. The van der Waals surface area contributed by atoms with Gasteiger partial charge in [0.25, 0.3) is 0 Å². The topological polar surface area (TPSA) is 58.4 Å². The van der Waals surface area contributed by atoms with Gasteiger partial charge < -0.3 is 15.0 Å². The number of hydrogen-bond donors (Lipinski definition) is 2. The van der Waals surface area contributed by atoms with Crippen LogP contribution in [0.15, 0.2) is 18.3 Å². The number of nitrogens with one attached hydrogen (secondary N) is 2. The molecule has 2 N–H and O–H groups in total. The van der Waals surface area contributed by atoms with Crippen LogP contribution in [-0.2, 0) is 11.2 Å². The van der Waals surface area contributed by atoms with E-state index in [-0.39, 0.29) is 23.0 Å². The number of aromatic nitrogens is 2. The third-order valence-electron chi connectivity index (χ3n) is 5.03. The SMILES string of the molecule is Cc1nc2c(C)cccn2c1CC(=O)NC1CC(C)(C)NC(C)(C)C1. The lowest BCUT2D eigenvalue weighted by Crippen LogP contribution is -2.62. The van der Waals surface area contributed by atoms with Crippen molar-refractivity contribution >= 4 is 11.6 Å². The Kier molecular flexibility index (Phi) is 4.40. The Bertz CT molecular complexity index is 787. The fourth-order valence-corrected chi connectivity index (χ4v) is 4.43. The van der Waals surface area contributed by atoms with Crippen molar-refractivity contribution in [2.75, 3.05) is 0 Å². The number of nitrogens with zero attached hydrogens (tertiary/aromatic N) is 2. The van der Waals surface area contributed by atoms with Crippen LogP contribution in [0.4, 0.5) is 0 Å². The lowest BCUT2D eigenvalue weighted by Gasteiger charge is -2.46. The number of imidazole rings is 1. The molecule has 1 aliphatic rings. The highest BCUT2D eigenvalue weighted by Gasteiger charge is 2.38. The summed E-state index contributed by atoms with van der Waals surface area (Å²) < 4.78 is 2.04. The van der Waals surface area contributed by atoms with E-state index in [2.05, 4.69) is 43.3 Å². The molecule has 136 valence electrons. The number of amides is 1. The van der Waals surface area contributed by atoms with Crippen LogP contribution in [0.3, 0.4) is 0 Å². The van der Waals surface area contributed by atoms with Gasteiger partial charge in [-0.1, -0.05) is 6.07 Å². The summed E-state index contributed by atoms with van der Waals surface area (Å²) in [6.45, 7) is 12.8. The van der Waals surface area contributed by atoms with Crippen LogP contribution < -0.4 is 10.6 Å². The summed E-state index contributed by atoms with van der Waals surface area (Å²) >= 11 is 0. The monoisotopic (exact) mass is 342 g/mol. The first-order valence-corrected chi connectivity index (χ1v) is 9.08. The van der Waals surface area contributed by atoms with E-state index < -0.39 is 0 Å². The van der Waals surface area contributed by atoms with Gasteiger partial charge in [0.15, 0.2) is 0 Å². The second kappa shape index (κ2) is 6.13. The average Bonchev–Trinajstić information content (AvgIpc) is 2.73. The fraction of sp³-hybridized carbons (Fsp3) is 0.600. The molecule has 0 radical (unpaired) electrons. The summed E-state index contributed by atoms with van der Waals surface area (Å²) in [6, 6.07) is 4.24. The van der Waals surface area contributed by atoms with Gasteiger partial charge in [0.1, 0.15) is 5.65 Å². The number of rotatable bonds is 3. The highest BCUT2D eigenvalue weighted by molar-refractivity contribution is 5.79. The van der Waals surface area contributed by atoms with Crippen molar-refractivity contribution in [1.29, 1.82) is 0 Å². The van der Waals surface area contributed by atoms with E-state index in [4.69, 9.17) is 0 Å². The molecule has 1 amide bonds. The molecule has 0 atom stereocenters. The van der Waals surface area contributed by atoms with Gasteiger partial charge in [-0.25, -0.2) is 4.98 Å². The minimum Gasteiger partial charge on any atom is -0.353 e. The van der Waals surface area contributed by atoms with Crippen molar-refractivity contribution in [3.8, 4) is 0 Å². The first-order chi connectivity index (χ1) is 11.6. The van der Waals surface area contributed by atoms with Crippen molar-refractivity contribution < 1.29 is 4.79 Å². The quantitative estimate of drug-likeness (QED) is 0.902. The van der Waals surface area contributed by atoms with Gasteiger partial charge in [0.2, 0.25) is 5.91 Å². The van der Waals surface area contributed by atoms with Crippen LogP contribution in [0.2, 0.25) is 0 Å². The molecule has 0 aliphatic carbocycles. The van der Waals surface area contributed by atoms with E-state index >= 15 is 0 Å². The maximum Gasteiger partial charge on any atom is 0.226 e. The molecule has 1 fully saturated rings.